The Morgan fingerprint density at radius 1 is 0.744 bits per heavy atom. The molecule has 0 aromatic rings. The fraction of sp³-hybridized carbons (Fsp3) is 0.840. The van der Waals surface area contributed by atoms with Gasteiger partial charge in [0.05, 0.1) is 46.2 Å². The number of ether oxygens (including phenoxy) is 7. The van der Waals surface area contributed by atoms with Crippen LogP contribution in [0.4, 0.5) is 0 Å². The first-order valence-corrected chi connectivity index (χ1v) is 12.9. The van der Waals surface area contributed by atoms with Crippen molar-refractivity contribution in [3.05, 3.63) is 0 Å². The lowest BCUT2D eigenvalue weighted by molar-refractivity contribution is -0.158. The Hall–Kier alpha value is -2.36. The van der Waals surface area contributed by atoms with Gasteiger partial charge in [-0.25, -0.2) is 4.79 Å². The third kappa shape index (κ3) is 23.3. The van der Waals surface area contributed by atoms with Crippen molar-refractivity contribution in [3.63, 3.8) is 0 Å². The van der Waals surface area contributed by atoms with E-state index in [4.69, 9.17) is 33.2 Å². The van der Waals surface area contributed by atoms with Gasteiger partial charge in [0.25, 0.3) is 0 Å². The van der Waals surface area contributed by atoms with Gasteiger partial charge in [-0.1, -0.05) is 0 Å². The molecule has 228 valence electrons. The highest BCUT2D eigenvalue weighted by molar-refractivity contribution is 5.84. The van der Waals surface area contributed by atoms with Gasteiger partial charge in [0, 0.05) is 40.7 Å². The lowest BCUT2D eigenvalue weighted by Crippen LogP contribution is -2.44. The molecule has 3 N–H and O–H groups in total. The number of hydrogen-bond donors (Lipinski definition) is 3. The van der Waals surface area contributed by atoms with E-state index in [1.807, 2.05) is 0 Å². The first-order chi connectivity index (χ1) is 18.5. The van der Waals surface area contributed by atoms with Crippen molar-refractivity contribution in [3.8, 4) is 0 Å². The van der Waals surface area contributed by atoms with Crippen LogP contribution < -0.4 is 16.0 Å². The highest BCUT2D eigenvalue weighted by Gasteiger charge is 2.26. The van der Waals surface area contributed by atoms with Crippen LogP contribution in [0.25, 0.3) is 0 Å². The van der Waals surface area contributed by atoms with Gasteiger partial charge in [-0.05, 0) is 27.2 Å². The molecule has 14 nitrogen and oxygen atoms in total. The van der Waals surface area contributed by atoms with E-state index in [1.54, 1.807) is 20.8 Å². The van der Waals surface area contributed by atoms with Crippen molar-refractivity contribution in [2.24, 2.45) is 0 Å². The summed E-state index contributed by atoms with van der Waals surface area (Å²) in [5.41, 5.74) is -0.702. The quantitative estimate of drug-likeness (QED) is 0.0832. The van der Waals surface area contributed by atoms with E-state index >= 15 is 0 Å². The Kier molecular flexibility index (Phi) is 21.1. The molecule has 0 bridgehead atoms. The maximum Gasteiger partial charge on any atom is 0.329 e. The molecular formula is C25H47N3O11. The normalized spacial score (nSPS) is 12.2. The van der Waals surface area contributed by atoms with Gasteiger partial charge in [0.1, 0.15) is 18.2 Å². The summed E-state index contributed by atoms with van der Waals surface area (Å²) in [5.74, 6) is -1.52. The summed E-state index contributed by atoms with van der Waals surface area (Å²) >= 11 is 0. The number of carbonyl (C=O) groups excluding carboxylic acids is 4. The van der Waals surface area contributed by atoms with Crippen LogP contribution in [-0.2, 0) is 52.3 Å². The molecule has 0 radical (unpaired) electrons. The maximum atomic E-state index is 12.2. The van der Waals surface area contributed by atoms with Gasteiger partial charge in [-0.3, -0.25) is 14.4 Å². The second kappa shape index (κ2) is 22.5. The number of rotatable bonds is 23. The van der Waals surface area contributed by atoms with E-state index in [9.17, 15) is 19.2 Å². The summed E-state index contributed by atoms with van der Waals surface area (Å²) < 4.78 is 36.6. The van der Waals surface area contributed by atoms with E-state index in [0.29, 0.717) is 33.0 Å². The minimum Gasteiger partial charge on any atom is -0.458 e. The summed E-state index contributed by atoms with van der Waals surface area (Å²) in [4.78, 5) is 47.4. The molecule has 0 fully saturated rings. The Morgan fingerprint density at radius 3 is 1.82 bits per heavy atom. The zero-order valence-electron chi connectivity index (χ0n) is 24.1. The first kappa shape index (κ1) is 36.6. The van der Waals surface area contributed by atoms with E-state index in [2.05, 4.69) is 16.0 Å². The Morgan fingerprint density at radius 2 is 1.28 bits per heavy atom. The topological polar surface area (TPSA) is 169 Å². The van der Waals surface area contributed by atoms with Crippen LogP contribution in [0.5, 0.6) is 0 Å². The number of carbonyl (C=O) groups is 4. The van der Waals surface area contributed by atoms with Crippen molar-refractivity contribution in [2.75, 3.05) is 80.2 Å². The largest absolute Gasteiger partial charge is 0.458 e. The SMILES string of the molecule is COC(COCCOCCNC(=O)COCCOCCNC(=O)CC[C@H](NC(C)=O)C(=O)OC(C)(C)C)OC. The third-order valence-electron chi connectivity index (χ3n) is 4.62. The molecule has 1 atom stereocenters. The van der Waals surface area contributed by atoms with Crippen molar-refractivity contribution in [1.29, 1.82) is 0 Å². The second-order valence-corrected chi connectivity index (χ2v) is 9.28. The molecule has 0 heterocycles. The van der Waals surface area contributed by atoms with Crippen LogP contribution in [0, 0.1) is 0 Å². The molecule has 0 aliphatic heterocycles. The molecule has 0 aromatic carbocycles. The Bertz CT molecular complexity index is 697. The minimum absolute atomic E-state index is 0.0322. The summed E-state index contributed by atoms with van der Waals surface area (Å²) in [7, 11) is 3.06. The molecule has 0 aliphatic rings. The van der Waals surface area contributed by atoms with Gasteiger partial charge in [-0.2, -0.15) is 0 Å². The standard InChI is InChI=1S/C25H47N3O11/c1-19(29)28-20(24(32)39-25(2,3)4)7-8-21(30)26-9-11-35-13-15-37-17-22(31)27-10-12-36-14-16-38-18-23(33-5)34-6/h20,23H,7-18H2,1-6H3,(H,26,30)(H,27,31)(H,28,29)/t20-/m0/s1. The van der Waals surface area contributed by atoms with Crippen molar-refractivity contribution in [2.45, 2.75) is 58.5 Å². The fourth-order valence-electron chi connectivity index (χ4n) is 2.82. The number of methoxy groups -OCH3 is 2. The summed E-state index contributed by atoms with van der Waals surface area (Å²) in [5, 5.41) is 7.86. The predicted octanol–water partition coefficient (Wildman–Crippen LogP) is -0.469. The maximum absolute atomic E-state index is 12.2. The van der Waals surface area contributed by atoms with Crippen LogP contribution in [0.15, 0.2) is 0 Å². The zero-order valence-corrected chi connectivity index (χ0v) is 24.1. The molecule has 0 saturated carbocycles. The highest BCUT2D eigenvalue weighted by Crippen LogP contribution is 2.11. The fourth-order valence-corrected chi connectivity index (χ4v) is 2.82. The van der Waals surface area contributed by atoms with Crippen LogP contribution >= 0.6 is 0 Å². The monoisotopic (exact) mass is 565 g/mol. The zero-order chi connectivity index (χ0) is 29.5. The van der Waals surface area contributed by atoms with Crippen molar-refractivity contribution < 1.29 is 52.3 Å². The van der Waals surface area contributed by atoms with Gasteiger partial charge >= 0.3 is 5.97 Å². The summed E-state index contributed by atoms with van der Waals surface area (Å²) in [6.45, 7) is 9.11. The van der Waals surface area contributed by atoms with Gasteiger partial charge in [0.2, 0.25) is 17.7 Å². The van der Waals surface area contributed by atoms with Crippen LogP contribution in [0.2, 0.25) is 0 Å². The van der Waals surface area contributed by atoms with Gasteiger partial charge in [0.15, 0.2) is 6.29 Å². The average molecular weight is 566 g/mol. The lowest BCUT2D eigenvalue weighted by atomic mass is 10.1. The van der Waals surface area contributed by atoms with E-state index in [0.717, 1.165) is 0 Å². The molecular weight excluding hydrogens is 518 g/mol. The van der Waals surface area contributed by atoms with E-state index < -0.39 is 23.9 Å². The summed E-state index contributed by atoms with van der Waals surface area (Å²) in [6.07, 6.45) is -0.262. The molecule has 0 rings (SSSR count). The molecule has 0 spiro atoms. The molecule has 0 saturated heterocycles. The molecule has 3 amide bonds. The Balaban J connectivity index is 3.73. The number of nitrogens with one attached hydrogen (secondary N) is 3. The molecule has 0 aromatic heterocycles. The molecule has 39 heavy (non-hydrogen) atoms. The van der Waals surface area contributed by atoms with Crippen LogP contribution in [-0.4, -0.2) is 122 Å². The number of esters is 1. The smallest absolute Gasteiger partial charge is 0.329 e. The Labute approximate surface area is 231 Å². The molecule has 0 aliphatic carbocycles. The molecule has 0 unspecified atom stereocenters. The third-order valence-corrected chi connectivity index (χ3v) is 4.62. The number of amides is 3. The van der Waals surface area contributed by atoms with Crippen molar-refractivity contribution >= 4 is 23.7 Å². The highest BCUT2D eigenvalue weighted by atomic mass is 16.7. The van der Waals surface area contributed by atoms with E-state index in [-0.39, 0.29) is 63.5 Å². The predicted molar refractivity (Wildman–Crippen MR) is 140 cm³/mol. The lowest BCUT2D eigenvalue weighted by Gasteiger charge is -2.24. The summed E-state index contributed by atoms with van der Waals surface area (Å²) in [6, 6.07) is -0.902. The second-order valence-electron chi connectivity index (χ2n) is 9.28. The first-order valence-electron chi connectivity index (χ1n) is 12.9. The van der Waals surface area contributed by atoms with Crippen molar-refractivity contribution in [1.82, 2.24) is 16.0 Å². The van der Waals surface area contributed by atoms with Gasteiger partial charge < -0.3 is 49.1 Å². The van der Waals surface area contributed by atoms with Crippen LogP contribution in [0.1, 0.15) is 40.5 Å². The number of hydrogen-bond acceptors (Lipinski definition) is 11. The van der Waals surface area contributed by atoms with E-state index in [1.165, 1.54) is 21.1 Å². The van der Waals surface area contributed by atoms with Gasteiger partial charge in [-0.15, -0.1) is 0 Å². The average Bonchev–Trinajstić information content (AvgIpc) is 2.85. The van der Waals surface area contributed by atoms with Crippen LogP contribution in [0.3, 0.4) is 0 Å². The molecule has 14 heteroatoms. The minimum atomic E-state index is -0.902.